The fourth-order valence-corrected chi connectivity index (χ4v) is 2.50. The van der Waals surface area contributed by atoms with E-state index in [1.54, 1.807) is 6.07 Å². The number of nitrogens with zero attached hydrogens (tertiary/aromatic N) is 2. The second-order valence-electron chi connectivity index (χ2n) is 5.64. The maximum atomic E-state index is 12.1. The smallest absolute Gasteiger partial charge is 0.267 e. The van der Waals surface area contributed by atoms with Crippen molar-refractivity contribution >= 4 is 5.91 Å². The van der Waals surface area contributed by atoms with E-state index in [0.717, 1.165) is 25.2 Å². The van der Waals surface area contributed by atoms with Crippen LogP contribution in [0.15, 0.2) is 47.3 Å². The molecular weight excluding hydrogens is 304 g/mol. The molecule has 0 aliphatic carbocycles. The lowest BCUT2D eigenvalue weighted by Gasteiger charge is -2.15. The van der Waals surface area contributed by atoms with Gasteiger partial charge >= 0.3 is 0 Å². The molecule has 1 heterocycles. The van der Waals surface area contributed by atoms with Gasteiger partial charge in [-0.3, -0.25) is 9.59 Å². The molecule has 2 aromatic rings. The van der Waals surface area contributed by atoms with E-state index in [9.17, 15) is 9.59 Å². The number of carbonyl (C=O) groups is 1. The maximum Gasteiger partial charge on any atom is 0.267 e. The number of hydrogen-bond donors (Lipinski definition) is 2. The van der Waals surface area contributed by atoms with Crippen LogP contribution >= 0.6 is 0 Å². The average Bonchev–Trinajstić information content (AvgIpc) is 2.61. The third-order valence-electron chi connectivity index (χ3n) is 4.03. The molecule has 2 N–H and O–H groups in total. The van der Waals surface area contributed by atoms with Crippen LogP contribution in [0.2, 0.25) is 0 Å². The minimum Gasteiger partial charge on any atom is -0.349 e. The molecule has 0 saturated carbocycles. The fourth-order valence-electron chi connectivity index (χ4n) is 2.50. The Hall–Kier alpha value is -2.47. The molecule has 2 rings (SSSR count). The molecule has 24 heavy (non-hydrogen) atoms. The topological polar surface area (TPSA) is 68.4 Å². The molecule has 1 aromatic heterocycles. The highest BCUT2D eigenvalue weighted by atomic mass is 16.2. The van der Waals surface area contributed by atoms with Gasteiger partial charge in [-0.25, -0.2) is 4.68 Å². The lowest BCUT2D eigenvalue weighted by atomic mass is 10.1. The number of quaternary nitrogens is 1. The van der Waals surface area contributed by atoms with Crippen LogP contribution in [0.5, 0.6) is 0 Å². The summed E-state index contributed by atoms with van der Waals surface area (Å²) in [6.07, 6.45) is 0. The normalized spacial score (nSPS) is 10.8. The van der Waals surface area contributed by atoms with Crippen molar-refractivity contribution in [2.24, 2.45) is 0 Å². The van der Waals surface area contributed by atoms with Crippen molar-refractivity contribution in [2.45, 2.75) is 20.4 Å². The van der Waals surface area contributed by atoms with Gasteiger partial charge in [0.15, 0.2) is 0 Å². The fraction of sp³-hybridized carbons (Fsp3) is 0.389. The minimum absolute atomic E-state index is 0.0624. The number of amides is 1. The van der Waals surface area contributed by atoms with E-state index in [1.807, 2.05) is 30.3 Å². The Balaban J connectivity index is 1.99. The molecule has 0 unspecified atom stereocenters. The lowest BCUT2D eigenvalue weighted by Crippen LogP contribution is -3.12. The summed E-state index contributed by atoms with van der Waals surface area (Å²) in [6.45, 7) is 7.73. The molecule has 0 saturated heterocycles. The molecule has 1 aromatic carbocycles. The first kappa shape index (κ1) is 17.9. The van der Waals surface area contributed by atoms with Gasteiger partial charge in [0.1, 0.15) is 6.54 Å². The van der Waals surface area contributed by atoms with Gasteiger partial charge in [0.25, 0.3) is 5.56 Å². The number of carbonyl (C=O) groups excluding carboxylic acids is 1. The van der Waals surface area contributed by atoms with Gasteiger partial charge < -0.3 is 10.2 Å². The standard InChI is InChI=1S/C18H24N4O2/c1-3-21(4-2)13-12-19-17(23)14-22-18(24)11-10-16(20-22)15-8-6-5-7-9-15/h5-11H,3-4,12-14H2,1-2H3,(H,19,23)/p+1. The zero-order valence-electron chi connectivity index (χ0n) is 14.3. The summed E-state index contributed by atoms with van der Waals surface area (Å²) < 4.78 is 1.21. The van der Waals surface area contributed by atoms with Gasteiger partial charge in [-0.05, 0) is 19.9 Å². The molecule has 6 heteroatoms. The van der Waals surface area contributed by atoms with Crippen LogP contribution in [-0.4, -0.2) is 41.9 Å². The average molecular weight is 329 g/mol. The van der Waals surface area contributed by atoms with E-state index in [2.05, 4.69) is 24.3 Å². The highest BCUT2D eigenvalue weighted by Gasteiger charge is 2.09. The van der Waals surface area contributed by atoms with E-state index < -0.39 is 0 Å². The Kier molecular flexibility index (Phi) is 6.69. The second-order valence-corrected chi connectivity index (χ2v) is 5.64. The zero-order chi connectivity index (χ0) is 17.4. The summed E-state index contributed by atoms with van der Waals surface area (Å²) in [5, 5.41) is 7.15. The Morgan fingerprint density at radius 1 is 1.12 bits per heavy atom. The van der Waals surface area contributed by atoms with E-state index >= 15 is 0 Å². The molecule has 128 valence electrons. The van der Waals surface area contributed by atoms with Crippen LogP contribution < -0.4 is 15.8 Å². The van der Waals surface area contributed by atoms with Crippen molar-refractivity contribution in [1.29, 1.82) is 0 Å². The molecule has 0 bridgehead atoms. The monoisotopic (exact) mass is 329 g/mol. The number of aromatic nitrogens is 2. The van der Waals surface area contributed by atoms with E-state index in [4.69, 9.17) is 0 Å². The second kappa shape index (κ2) is 8.98. The van der Waals surface area contributed by atoms with Gasteiger partial charge in [0.05, 0.1) is 31.9 Å². The SMILES string of the molecule is CC[NH+](CC)CCNC(=O)Cn1nc(-c2ccccc2)ccc1=O. The van der Waals surface area contributed by atoms with Crippen LogP contribution in [0.3, 0.4) is 0 Å². The number of likely N-dealkylation sites (N-methyl/N-ethyl adjacent to an activating group) is 1. The zero-order valence-corrected chi connectivity index (χ0v) is 14.3. The number of rotatable bonds is 8. The van der Waals surface area contributed by atoms with Crippen molar-refractivity contribution < 1.29 is 9.69 Å². The number of benzene rings is 1. The number of hydrogen-bond acceptors (Lipinski definition) is 3. The summed E-state index contributed by atoms with van der Waals surface area (Å²) in [6, 6.07) is 12.7. The van der Waals surface area contributed by atoms with Crippen LogP contribution in [-0.2, 0) is 11.3 Å². The molecule has 0 atom stereocenters. The third-order valence-corrected chi connectivity index (χ3v) is 4.03. The summed E-state index contributed by atoms with van der Waals surface area (Å²) >= 11 is 0. The summed E-state index contributed by atoms with van der Waals surface area (Å²) in [4.78, 5) is 25.4. The summed E-state index contributed by atoms with van der Waals surface area (Å²) in [7, 11) is 0. The Labute approximate surface area is 142 Å². The molecule has 0 aliphatic rings. The van der Waals surface area contributed by atoms with Crippen molar-refractivity contribution in [3.8, 4) is 11.3 Å². The first-order valence-corrected chi connectivity index (χ1v) is 8.38. The van der Waals surface area contributed by atoms with Crippen LogP contribution in [0.1, 0.15) is 13.8 Å². The predicted molar refractivity (Wildman–Crippen MR) is 93.9 cm³/mol. The van der Waals surface area contributed by atoms with Gasteiger partial charge in [0, 0.05) is 11.6 Å². The Morgan fingerprint density at radius 2 is 1.83 bits per heavy atom. The van der Waals surface area contributed by atoms with Crippen molar-refractivity contribution in [2.75, 3.05) is 26.2 Å². The first-order valence-electron chi connectivity index (χ1n) is 8.38. The molecular formula is C18H25N4O2+. The highest BCUT2D eigenvalue weighted by molar-refractivity contribution is 5.75. The molecule has 1 amide bonds. The quantitative estimate of drug-likeness (QED) is 0.714. The van der Waals surface area contributed by atoms with Crippen molar-refractivity contribution in [3.05, 3.63) is 52.8 Å². The van der Waals surface area contributed by atoms with Gasteiger partial charge in [-0.15, -0.1) is 0 Å². The van der Waals surface area contributed by atoms with E-state index in [0.29, 0.717) is 12.2 Å². The highest BCUT2D eigenvalue weighted by Crippen LogP contribution is 2.13. The van der Waals surface area contributed by atoms with Gasteiger partial charge in [-0.1, -0.05) is 30.3 Å². The lowest BCUT2D eigenvalue weighted by molar-refractivity contribution is -0.895. The summed E-state index contributed by atoms with van der Waals surface area (Å²) in [5.41, 5.74) is 1.31. The van der Waals surface area contributed by atoms with E-state index in [1.165, 1.54) is 15.6 Å². The molecule has 0 radical (unpaired) electrons. The molecule has 6 nitrogen and oxygen atoms in total. The Morgan fingerprint density at radius 3 is 2.50 bits per heavy atom. The number of nitrogens with one attached hydrogen (secondary N) is 2. The largest absolute Gasteiger partial charge is 0.349 e. The third kappa shape index (κ3) is 5.03. The molecule has 0 aliphatic heterocycles. The molecule has 0 fully saturated rings. The van der Waals surface area contributed by atoms with Crippen LogP contribution in [0.25, 0.3) is 11.3 Å². The van der Waals surface area contributed by atoms with Crippen LogP contribution in [0, 0.1) is 0 Å². The maximum absolute atomic E-state index is 12.1. The molecule has 0 spiro atoms. The van der Waals surface area contributed by atoms with Crippen LogP contribution in [0.4, 0.5) is 0 Å². The predicted octanol–water partition coefficient (Wildman–Crippen LogP) is -0.0488. The Bertz CT molecular complexity index is 708. The summed E-state index contributed by atoms with van der Waals surface area (Å²) in [5.74, 6) is -0.193. The minimum atomic E-state index is -0.279. The van der Waals surface area contributed by atoms with Gasteiger partial charge in [-0.2, -0.15) is 5.10 Å². The first-order chi connectivity index (χ1) is 11.6. The van der Waals surface area contributed by atoms with Gasteiger partial charge in [0.2, 0.25) is 5.91 Å². The van der Waals surface area contributed by atoms with Crippen molar-refractivity contribution in [1.82, 2.24) is 15.1 Å². The van der Waals surface area contributed by atoms with E-state index in [-0.39, 0.29) is 18.0 Å². The van der Waals surface area contributed by atoms with Crippen molar-refractivity contribution in [3.63, 3.8) is 0 Å².